The van der Waals surface area contributed by atoms with Crippen molar-refractivity contribution < 1.29 is 4.79 Å². The van der Waals surface area contributed by atoms with Gasteiger partial charge in [-0.3, -0.25) is 4.79 Å². The second-order valence-corrected chi connectivity index (χ2v) is 5.79. The first-order valence-electron chi connectivity index (χ1n) is 7.49. The normalized spacial score (nSPS) is 13.4. The molecule has 18 heavy (non-hydrogen) atoms. The van der Waals surface area contributed by atoms with Crippen LogP contribution < -0.4 is 10.6 Å². The van der Waals surface area contributed by atoms with Gasteiger partial charge in [0.15, 0.2) is 0 Å². The van der Waals surface area contributed by atoms with Crippen molar-refractivity contribution in [1.82, 2.24) is 10.6 Å². The van der Waals surface area contributed by atoms with Gasteiger partial charge < -0.3 is 10.6 Å². The van der Waals surface area contributed by atoms with Crippen molar-refractivity contribution in [3.8, 4) is 0 Å². The van der Waals surface area contributed by atoms with E-state index >= 15 is 0 Å². The van der Waals surface area contributed by atoms with Gasteiger partial charge in [-0.1, -0.05) is 40.0 Å². The summed E-state index contributed by atoms with van der Waals surface area (Å²) in [5.74, 6) is 0.111. The van der Waals surface area contributed by atoms with Gasteiger partial charge in [-0.15, -0.1) is 0 Å². The van der Waals surface area contributed by atoms with Gasteiger partial charge in [0.25, 0.3) is 0 Å². The average Bonchev–Trinajstić information content (AvgIpc) is 2.32. The highest BCUT2D eigenvalue weighted by molar-refractivity contribution is 5.78. The molecule has 0 heterocycles. The highest BCUT2D eigenvalue weighted by Gasteiger charge is 2.18. The van der Waals surface area contributed by atoms with Crippen molar-refractivity contribution >= 4 is 5.91 Å². The highest BCUT2D eigenvalue weighted by atomic mass is 16.2. The van der Waals surface area contributed by atoms with Crippen LogP contribution >= 0.6 is 0 Å². The number of rotatable bonds is 10. The Morgan fingerprint density at radius 1 is 1.11 bits per heavy atom. The molecule has 0 aromatic carbocycles. The lowest BCUT2D eigenvalue weighted by Gasteiger charge is -2.25. The van der Waals surface area contributed by atoms with Gasteiger partial charge in [0.2, 0.25) is 5.91 Å². The minimum absolute atomic E-state index is 0.0948. The minimum atomic E-state index is -0.0948. The molecule has 0 saturated heterocycles. The van der Waals surface area contributed by atoms with E-state index in [9.17, 15) is 4.79 Å². The van der Waals surface area contributed by atoms with Crippen LogP contribution in [0.3, 0.4) is 0 Å². The van der Waals surface area contributed by atoms with Crippen molar-refractivity contribution in [1.29, 1.82) is 0 Å². The number of unbranched alkanes of at least 4 members (excludes halogenated alkanes) is 1. The maximum absolute atomic E-state index is 11.8. The Labute approximate surface area is 113 Å². The summed E-state index contributed by atoms with van der Waals surface area (Å²) in [6, 6.07) is 0.491. The van der Waals surface area contributed by atoms with Gasteiger partial charge >= 0.3 is 0 Å². The van der Waals surface area contributed by atoms with Gasteiger partial charge in [0, 0.05) is 11.6 Å². The van der Waals surface area contributed by atoms with Crippen molar-refractivity contribution in [2.75, 3.05) is 6.54 Å². The van der Waals surface area contributed by atoms with Crippen LogP contribution in [-0.2, 0) is 4.79 Å². The molecule has 0 aliphatic heterocycles. The molecule has 0 aromatic rings. The van der Waals surface area contributed by atoms with E-state index in [1.807, 2.05) is 0 Å². The highest BCUT2D eigenvalue weighted by Crippen LogP contribution is 2.08. The third kappa shape index (κ3) is 8.51. The van der Waals surface area contributed by atoms with E-state index < -0.39 is 0 Å². The van der Waals surface area contributed by atoms with Crippen molar-refractivity contribution in [2.24, 2.45) is 0 Å². The zero-order valence-corrected chi connectivity index (χ0v) is 12.9. The first-order chi connectivity index (χ1) is 8.45. The fourth-order valence-electron chi connectivity index (χ4n) is 1.89. The molecule has 0 rings (SSSR count). The fraction of sp³-hybridized carbons (Fsp3) is 0.933. The molecule has 3 nitrogen and oxygen atoms in total. The largest absolute Gasteiger partial charge is 0.350 e. The molecule has 0 bridgehead atoms. The summed E-state index contributed by atoms with van der Waals surface area (Å²) in [6.07, 6.45) is 6.91. The predicted octanol–water partition coefficient (Wildman–Crippen LogP) is 3.24. The van der Waals surface area contributed by atoms with Gasteiger partial charge in [-0.2, -0.15) is 0 Å². The molecular weight excluding hydrogens is 224 g/mol. The van der Waals surface area contributed by atoms with E-state index in [0.29, 0.717) is 12.6 Å². The van der Waals surface area contributed by atoms with Crippen molar-refractivity contribution in [3.63, 3.8) is 0 Å². The first kappa shape index (κ1) is 17.4. The summed E-state index contributed by atoms with van der Waals surface area (Å²) in [4.78, 5) is 11.8. The quantitative estimate of drug-likeness (QED) is 0.630. The molecule has 108 valence electrons. The summed E-state index contributed by atoms with van der Waals surface area (Å²) in [5, 5.41) is 6.45. The van der Waals surface area contributed by atoms with Crippen LogP contribution in [0.15, 0.2) is 0 Å². The molecule has 1 atom stereocenters. The number of amides is 1. The predicted molar refractivity (Wildman–Crippen MR) is 78.7 cm³/mol. The van der Waals surface area contributed by atoms with Crippen LogP contribution in [-0.4, -0.2) is 24.0 Å². The van der Waals surface area contributed by atoms with E-state index in [2.05, 4.69) is 45.3 Å². The number of nitrogens with one attached hydrogen (secondary N) is 2. The number of carbonyl (C=O) groups excluding carboxylic acids is 1. The fourth-order valence-corrected chi connectivity index (χ4v) is 1.89. The van der Waals surface area contributed by atoms with Gasteiger partial charge in [0.05, 0.1) is 6.54 Å². The van der Waals surface area contributed by atoms with Crippen molar-refractivity contribution in [2.45, 2.75) is 84.7 Å². The Hall–Kier alpha value is -0.570. The minimum Gasteiger partial charge on any atom is -0.350 e. The first-order valence-corrected chi connectivity index (χ1v) is 7.49. The molecule has 0 saturated carbocycles. The SMILES string of the molecule is CCCCC(CCC)NCC(=O)NC(C)(C)CC. The van der Waals surface area contributed by atoms with Crippen LogP contribution in [0, 0.1) is 0 Å². The van der Waals surface area contributed by atoms with Crippen molar-refractivity contribution in [3.05, 3.63) is 0 Å². The molecule has 1 amide bonds. The average molecular weight is 256 g/mol. The molecule has 0 aliphatic rings. The molecule has 0 aromatic heterocycles. The maximum Gasteiger partial charge on any atom is 0.234 e. The summed E-state index contributed by atoms with van der Waals surface area (Å²) in [7, 11) is 0. The lowest BCUT2D eigenvalue weighted by Crippen LogP contribution is -2.48. The number of carbonyl (C=O) groups is 1. The summed E-state index contributed by atoms with van der Waals surface area (Å²) in [6.45, 7) is 11.1. The molecule has 3 heteroatoms. The van der Waals surface area contributed by atoms with Crippen LogP contribution in [0.5, 0.6) is 0 Å². The smallest absolute Gasteiger partial charge is 0.234 e. The van der Waals surface area contributed by atoms with Crippen LogP contribution in [0.2, 0.25) is 0 Å². The molecular formula is C15H32N2O. The summed E-state index contributed by atoms with van der Waals surface area (Å²) < 4.78 is 0. The number of hydrogen-bond acceptors (Lipinski definition) is 2. The molecule has 2 N–H and O–H groups in total. The molecule has 0 fully saturated rings. The zero-order valence-electron chi connectivity index (χ0n) is 12.9. The number of hydrogen-bond donors (Lipinski definition) is 2. The zero-order chi connectivity index (χ0) is 14.0. The second kappa shape index (κ2) is 9.37. The van der Waals surface area contributed by atoms with Gasteiger partial charge in [-0.25, -0.2) is 0 Å². The van der Waals surface area contributed by atoms with E-state index in [1.54, 1.807) is 0 Å². The summed E-state index contributed by atoms with van der Waals surface area (Å²) >= 11 is 0. The van der Waals surface area contributed by atoms with E-state index in [0.717, 1.165) is 12.8 Å². The Morgan fingerprint density at radius 2 is 1.78 bits per heavy atom. The Kier molecular flexibility index (Phi) is 9.08. The lowest BCUT2D eigenvalue weighted by atomic mass is 10.0. The lowest BCUT2D eigenvalue weighted by molar-refractivity contribution is -0.122. The van der Waals surface area contributed by atoms with Crippen LogP contribution in [0.1, 0.15) is 73.1 Å². The molecule has 0 radical (unpaired) electrons. The third-order valence-corrected chi connectivity index (χ3v) is 3.46. The Balaban J connectivity index is 3.98. The van der Waals surface area contributed by atoms with E-state index in [1.165, 1.54) is 25.7 Å². The summed E-state index contributed by atoms with van der Waals surface area (Å²) in [5.41, 5.74) is -0.0948. The maximum atomic E-state index is 11.8. The van der Waals surface area contributed by atoms with Gasteiger partial charge in [0.1, 0.15) is 0 Å². The Morgan fingerprint density at radius 3 is 2.28 bits per heavy atom. The van der Waals surface area contributed by atoms with E-state index in [-0.39, 0.29) is 11.4 Å². The van der Waals surface area contributed by atoms with Crippen LogP contribution in [0.4, 0.5) is 0 Å². The monoisotopic (exact) mass is 256 g/mol. The third-order valence-electron chi connectivity index (χ3n) is 3.46. The van der Waals surface area contributed by atoms with Crippen LogP contribution in [0.25, 0.3) is 0 Å². The van der Waals surface area contributed by atoms with Gasteiger partial charge in [-0.05, 0) is 33.1 Å². The van der Waals surface area contributed by atoms with E-state index in [4.69, 9.17) is 0 Å². The second-order valence-electron chi connectivity index (χ2n) is 5.79. The molecule has 1 unspecified atom stereocenters. The topological polar surface area (TPSA) is 41.1 Å². The standard InChI is InChI=1S/C15H32N2O/c1-6-9-11-13(10-7-2)16-12-14(18)17-15(4,5)8-3/h13,16H,6-12H2,1-5H3,(H,17,18). The molecule has 0 aliphatic carbocycles. The molecule has 0 spiro atoms. The Bertz CT molecular complexity index is 227.